The smallest absolute Gasteiger partial charge is 0.309 e. The van der Waals surface area contributed by atoms with Gasteiger partial charge >= 0.3 is 5.97 Å². The van der Waals surface area contributed by atoms with E-state index >= 15 is 0 Å². The first-order chi connectivity index (χ1) is 8.25. The molecule has 1 saturated heterocycles. The summed E-state index contributed by atoms with van der Waals surface area (Å²) in [7, 11) is 0. The highest BCUT2D eigenvalue weighted by Crippen LogP contribution is 2.57. The zero-order chi connectivity index (χ0) is 11.9. The van der Waals surface area contributed by atoms with E-state index in [0.717, 1.165) is 19.3 Å². The number of rotatable bonds is 3. The second-order valence-electron chi connectivity index (χ2n) is 5.15. The minimum atomic E-state index is -0.508. The average Bonchev–Trinajstić information content (AvgIpc) is 3.01. The van der Waals surface area contributed by atoms with Crippen molar-refractivity contribution in [2.24, 2.45) is 17.8 Å². The summed E-state index contributed by atoms with van der Waals surface area (Å²) < 4.78 is 16.5. The molecule has 0 amide bonds. The van der Waals surface area contributed by atoms with Gasteiger partial charge in [-0.25, -0.2) is 0 Å². The fourth-order valence-corrected chi connectivity index (χ4v) is 3.67. The van der Waals surface area contributed by atoms with Gasteiger partial charge in [0, 0.05) is 12.3 Å². The third kappa shape index (κ3) is 1.77. The van der Waals surface area contributed by atoms with E-state index in [2.05, 4.69) is 0 Å². The molecule has 0 radical (unpaired) electrons. The molecule has 2 aliphatic carbocycles. The number of carbonyl (C=O) groups excluding carboxylic acids is 1. The summed E-state index contributed by atoms with van der Waals surface area (Å²) in [5.74, 6) is -0.166. The van der Waals surface area contributed by atoms with Crippen molar-refractivity contribution in [2.45, 2.75) is 25.0 Å². The molecule has 1 spiro atoms. The molecule has 0 aromatic rings. The number of hydrogen-bond acceptors (Lipinski definition) is 5. The van der Waals surface area contributed by atoms with E-state index in [1.54, 1.807) is 0 Å². The summed E-state index contributed by atoms with van der Waals surface area (Å²) in [6.07, 6.45) is 2.80. The van der Waals surface area contributed by atoms with E-state index in [9.17, 15) is 4.79 Å². The number of fused-ring (bicyclic) bond motifs is 3. The van der Waals surface area contributed by atoms with Gasteiger partial charge in [0.2, 0.25) is 0 Å². The molecule has 1 aliphatic heterocycles. The first kappa shape index (κ1) is 11.4. The number of ether oxygens (including phenoxy) is 3. The predicted molar refractivity (Wildman–Crippen MR) is 57.0 cm³/mol. The fraction of sp³-hybridized carbons (Fsp3) is 0.917. The molecule has 1 N–H and O–H groups in total. The van der Waals surface area contributed by atoms with Crippen LogP contribution >= 0.6 is 0 Å². The van der Waals surface area contributed by atoms with Gasteiger partial charge in [0.25, 0.3) is 0 Å². The van der Waals surface area contributed by atoms with Crippen molar-refractivity contribution < 1.29 is 24.1 Å². The third-order valence-electron chi connectivity index (χ3n) is 4.21. The predicted octanol–water partition coefficient (Wildman–Crippen LogP) is 0.311. The molecular formula is C12H18O5. The summed E-state index contributed by atoms with van der Waals surface area (Å²) in [6.45, 7) is 1.22. The molecule has 2 saturated carbocycles. The molecular weight excluding hydrogens is 224 g/mol. The quantitative estimate of drug-likeness (QED) is 0.722. The maximum atomic E-state index is 11.9. The van der Waals surface area contributed by atoms with Crippen LogP contribution in [0.3, 0.4) is 0 Å². The lowest BCUT2D eigenvalue weighted by Gasteiger charge is -2.35. The minimum absolute atomic E-state index is 0.0848. The molecule has 17 heavy (non-hydrogen) atoms. The molecule has 2 bridgehead atoms. The lowest BCUT2D eigenvalue weighted by atomic mass is 9.84. The molecule has 1 heterocycles. The molecule has 96 valence electrons. The summed E-state index contributed by atoms with van der Waals surface area (Å²) in [5, 5.41) is 8.67. The molecule has 3 rings (SSSR count). The molecule has 0 aromatic heterocycles. The Balaban J connectivity index is 1.69. The Bertz CT molecular complexity index is 310. The maximum absolute atomic E-state index is 11.9. The van der Waals surface area contributed by atoms with Crippen molar-refractivity contribution >= 4 is 5.97 Å². The van der Waals surface area contributed by atoms with E-state index in [1.165, 1.54) is 0 Å². The van der Waals surface area contributed by atoms with Gasteiger partial charge in [-0.3, -0.25) is 4.79 Å². The van der Waals surface area contributed by atoms with Crippen LogP contribution in [0.15, 0.2) is 0 Å². The lowest BCUT2D eigenvalue weighted by molar-refractivity contribution is -0.208. The summed E-state index contributed by atoms with van der Waals surface area (Å²) in [4.78, 5) is 11.9. The van der Waals surface area contributed by atoms with Crippen LogP contribution < -0.4 is 0 Å². The van der Waals surface area contributed by atoms with E-state index in [1.807, 2.05) is 0 Å². The average molecular weight is 242 g/mol. The van der Waals surface area contributed by atoms with Gasteiger partial charge in [-0.05, 0) is 18.8 Å². The highest BCUT2D eigenvalue weighted by molar-refractivity contribution is 5.73. The highest BCUT2D eigenvalue weighted by Gasteiger charge is 2.61. The van der Waals surface area contributed by atoms with E-state index in [0.29, 0.717) is 19.1 Å². The SMILES string of the molecule is O=C(OCCO)[C@H]1C[C@@H]2C[C@@H]1C1(C2)OCCO1. The number of esters is 1. The van der Waals surface area contributed by atoms with Gasteiger partial charge in [0.1, 0.15) is 6.61 Å². The Hall–Kier alpha value is -0.650. The number of carbonyl (C=O) groups is 1. The van der Waals surface area contributed by atoms with Crippen molar-refractivity contribution in [3.8, 4) is 0 Å². The van der Waals surface area contributed by atoms with E-state index in [-0.39, 0.29) is 31.0 Å². The van der Waals surface area contributed by atoms with Gasteiger partial charge in [0.05, 0.1) is 25.7 Å². The van der Waals surface area contributed by atoms with Crippen LogP contribution in [0.2, 0.25) is 0 Å². The largest absolute Gasteiger partial charge is 0.463 e. The van der Waals surface area contributed by atoms with E-state index < -0.39 is 5.79 Å². The van der Waals surface area contributed by atoms with Crippen LogP contribution in [-0.4, -0.2) is 43.3 Å². The first-order valence-corrected chi connectivity index (χ1v) is 6.30. The van der Waals surface area contributed by atoms with Crippen molar-refractivity contribution in [2.75, 3.05) is 26.4 Å². The third-order valence-corrected chi connectivity index (χ3v) is 4.21. The molecule has 0 unspecified atom stereocenters. The molecule has 5 heteroatoms. The standard InChI is InChI=1S/C12H18O5/c13-1-2-15-11(14)9-5-8-6-10(9)12(7-8)16-3-4-17-12/h8-10,13H,1-7H2/t8-,9+,10+/m1/s1. The Morgan fingerprint density at radius 3 is 2.76 bits per heavy atom. The van der Waals surface area contributed by atoms with Crippen LogP contribution in [-0.2, 0) is 19.0 Å². The van der Waals surface area contributed by atoms with Gasteiger partial charge in [-0.15, -0.1) is 0 Å². The molecule has 3 aliphatic rings. The maximum Gasteiger partial charge on any atom is 0.309 e. The van der Waals surface area contributed by atoms with Crippen LogP contribution in [0.4, 0.5) is 0 Å². The normalized spacial score (nSPS) is 37.8. The van der Waals surface area contributed by atoms with Gasteiger partial charge in [0.15, 0.2) is 5.79 Å². The van der Waals surface area contributed by atoms with Crippen LogP contribution in [0.25, 0.3) is 0 Å². The summed E-state index contributed by atoms with van der Waals surface area (Å²) in [5.41, 5.74) is 0. The monoisotopic (exact) mass is 242 g/mol. The number of aliphatic hydroxyl groups excluding tert-OH is 1. The Morgan fingerprint density at radius 2 is 2.12 bits per heavy atom. The van der Waals surface area contributed by atoms with Crippen LogP contribution in [0.5, 0.6) is 0 Å². The summed E-state index contributed by atoms with van der Waals surface area (Å²) >= 11 is 0. The zero-order valence-corrected chi connectivity index (χ0v) is 9.76. The fourth-order valence-electron chi connectivity index (χ4n) is 3.67. The number of hydrogen-bond donors (Lipinski definition) is 1. The molecule has 3 atom stereocenters. The second-order valence-corrected chi connectivity index (χ2v) is 5.15. The molecule has 5 nitrogen and oxygen atoms in total. The van der Waals surface area contributed by atoms with E-state index in [4.69, 9.17) is 19.3 Å². The first-order valence-electron chi connectivity index (χ1n) is 6.30. The van der Waals surface area contributed by atoms with Gasteiger partial charge in [-0.2, -0.15) is 0 Å². The molecule has 0 aromatic carbocycles. The Kier molecular flexibility index (Phi) is 2.84. The Labute approximate surface area is 100 Å². The number of aliphatic hydroxyl groups is 1. The molecule has 3 fully saturated rings. The lowest BCUT2D eigenvalue weighted by Crippen LogP contribution is -2.43. The van der Waals surface area contributed by atoms with Crippen molar-refractivity contribution in [3.05, 3.63) is 0 Å². The highest BCUT2D eigenvalue weighted by atomic mass is 16.7. The van der Waals surface area contributed by atoms with Crippen LogP contribution in [0.1, 0.15) is 19.3 Å². The van der Waals surface area contributed by atoms with Gasteiger partial charge in [-0.1, -0.05) is 0 Å². The van der Waals surface area contributed by atoms with Crippen molar-refractivity contribution in [1.29, 1.82) is 0 Å². The van der Waals surface area contributed by atoms with Crippen molar-refractivity contribution in [1.82, 2.24) is 0 Å². The second kappa shape index (κ2) is 4.23. The zero-order valence-electron chi connectivity index (χ0n) is 9.76. The van der Waals surface area contributed by atoms with Gasteiger partial charge < -0.3 is 19.3 Å². The van der Waals surface area contributed by atoms with Crippen molar-refractivity contribution in [3.63, 3.8) is 0 Å². The minimum Gasteiger partial charge on any atom is -0.463 e. The summed E-state index contributed by atoms with van der Waals surface area (Å²) in [6, 6.07) is 0. The topological polar surface area (TPSA) is 65.0 Å². The Morgan fingerprint density at radius 1 is 1.35 bits per heavy atom. The van der Waals surface area contributed by atoms with Crippen LogP contribution in [0, 0.1) is 17.8 Å².